The van der Waals surface area contributed by atoms with Crippen LogP contribution in [0, 0.1) is 0 Å². The summed E-state index contributed by atoms with van der Waals surface area (Å²) in [5.74, 6) is 0.236. The summed E-state index contributed by atoms with van der Waals surface area (Å²) >= 11 is 0. The van der Waals surface area contributed by atoms with Gasteiger partial charge in [-0.2, -0.15) is 0 Å². The van der Waals surface area contributed by atoms with Crippen LogP contribution in [-0.2, 0) is 4.79 Å². The normalized spacial score (nSPS) is 12.9. The van der Waals surface area contributed by atoms with Crippen molar-refractivity contribution in [1.82, 2.24) is 0 Å². The first-order valence-corrected chi connectivity index (χ1v) is 7.94. The fourth-order valence-corrected chi connectivity index (χ4v) is 2.59. The van der Waals surface area contributed by atoms with Crippen molar-refractivity contribution in [2.75, 3.05) is 0 Å². The van der Waals surface area contributed by atoms with E-state index in [1.165, 1.54) is 16.7 Å². The molecule has 118 valence electrons. The molecule has 0 spiro atoms. The molecule has 1 unspecified atom stereocenters. The lowest BCUT2D eigenvalue weighted by atomic mass is 9.87. The molecule has 0 aromatic heterocycles. The minimum Gasteiger partial charge on any atom is -0.481 e. The van der Waals surface area contributed by atoms with E-state index in [1.54, 1.807) is 0 Å². The average molecular weight is 291 g/mol. The van der Waals surface area contributed by atoms with E-state index in [1.807, 2.05) is 0 Å². The second-order valence-electron chi connectivity index (χ2n) is 6.44. The summed E-state index contributed by atoms with van der Waals surface area (Å²) in [7, 11) is 0. The van der Waals surface area contributed by atoms with E-state index in [9.17, 15) is 4.79 Å². The van der Waals surface area contributed by atoms with Gasteiger partial charge in [-0.1, -0.05) is 52.3 Å². The summed E-state index contributed by atoms with van der Waals surface area (Å²) in [5.41, 5.74) is 10.2. The number of carbonyl (C=O) groups is 1. The van der Waals surface area contributed by atoms with E-state index in [0.717, 1.165) is 12.8 Å². The number of rotatable bonds is 8. The molecule has 1 aromatic carbocycles. The summed E-state index contributed by atoms with van der Waals surface area (Å²) in [6.07, 6.45) is 2.63. The molecule has 21 heavy (non-hydrogen) atoms. The second kappa shape index (κ2) is 8.18. The van der Waals surface area contributed by atoms with Crippen molar-refractivity contribution in [3.63, 3.8) is 0 Å². The Morgan fingerprint density at radius 2 is 1.76 bits per heavy atom. The van der Waals surface area contributed by atoms with Gasteiger partial charge < -0.3 is 10.8 Å². The third-order valence-electron chi connectivity index (χ3n) is 3.95. The molecule has 0 heterocycles. The molecule has 1 rings (SSSR count). The van der Waals surface area contributed by atoms with Crippen molar-refractivity contribution < 1.29 is 9.90 Å². The summed E-state index contributed by atoms with van der Waals surface area (Å²) in [5, 5.41) is 8.66. The first-order valence-electron chi connectivity index (χ1n) is 7.94. The van der Waals surface area contributed by atoms with Gasteiger partial charge in [-0.3, -0.25) is 4.79 Å². The van der Waals surface area contributed by atoms with Crippen LogP contribution in [0.4, 0.5) is 0 Å². The minimum atomic E-state index is -0.729. The van der Waals surface area contributed by atoms with Crippen LogP contribution >= 0.6 is 0 Å². The molecule has 0 radical (unpaired) electrons. The fraction of sp³-hybridized carbons (Fsp3) is 0.611. The summed E-state index contributed by atoms with van der Waals surface area (Å²) < 4.78 is 0. The molecule has 1 aromatic rings. The highest BCUT2D eigenvalue weighted by Gasteiger charge is 2.15. The maximum Gasteiger partial charge on any atom is 0.303 e. The lowest BCUT2D eigenvalue weighted by molar-refractivity contribution is -0.137. The van der Waals surface area contributed by atoms with Crippen molar-refractivity contribution in [1.29, 1.82) is 0 Å². The molecule has 1 atom stereocenters. The van der Waals surface area contributed by atoms with Gasteiger partial charge in [0.2, 0.25) is 0 Å². The maximum atomic E-state index is 10.5. The predicted octanol–water partition coefficient (Wildman–Crippen LogP) is 4.58. The van der Waals surface area contributed by atoms with Gasteiger partial charge in [-0.15, -0.1) is 0 Å². The van der Waals surface area contributed by atoms with Gasteiger partial charge >= 0.3 is 5.97 Å². The molecule has 0 aliphatic heterocycles. The highest BCUT2D eigenvalue weighted by Crippen LogP contribution is 2.30. The van der Waals surface area contributed by atoms with Gasteiger partial charge in [0.15, 0.2) is 0 Å². The van der Waals surface area contributed by atoms with Gasteiger partial charge in [0.1, 0.15) is 0 Å². The van der Waals surface area contributed by atoms with Crippen molar-refractivity contribution >= 4 is 5.97 Å². The van der Waals surface area contributed by atoms with E-state index in [4.69, 9.17) is 10.8 Å². The zero-order valence-electron chi connectivity index (χ0n) is 13.7. The number of carboxylic acid groups (broad SMARTS) is 1. The molecule has 0 amide bonds. The van der Waals surface area contributed by atoms with Crippen LogP contribution in [0.5, 0.6) is 0 Å². The number of hydrogen-bond acceptors (Lipinski definition) is 2. The highest BCUT2D eigenvalue weighted by atomic mass is 16.4. The van der Waals surface area contributed by atoms with Gasteiger partial charge in [0.25, 0.3) is 0 Å². The zero-order valence-corrected chi connectivity index (χ0v) is 13.7. The first-order chi connectivity index (χ1) is 9.82. The number of unbranched alkanes of at least 4 members (excludes halogenated alkanes) is 1. The third-order valence-corrected chi connectivity index (χ3v) is 3.95. The van der Waals surface area contributed by atoms with Gasteiger partial charge in [-0.05, 0) is 41.4 Å². The third kappa shape index (κ3) is 5.50. The fourth-order valence-electron chi connectivity index (χ4n) is 2.59. The molecular weight excluding hydrogens is 262 g/mol. The van der Waals surface area contributed by atoms with Crippen LogP contribution in [0.25, 0.3) is 0 Å². The number of nitrogens with two attached hydrogens (primary N) is 1. The van der Waals surface area contributed by atoms with E-state index in [-0.39, 0.29) is 12.5 Å². The first kappa shape index (κ1) is 17.7. The second-order valence-corrected chi connectivity index (χ2v) is 6.44. The Morgan fingerprint density at radius 3 is 2.29 bits per heavy atom. The monoisotopic (exact) mass is 291 g/mol. The average Bonchev–Trinajstić information content (AvgIpc) is 2.42. The molecule has 0 saturated heterocycles. The smallest absolute Gasteiger partial charge is 0.303 e. The largest absolute Gasteiger partial charge is 0.481 e. The SMILES string of the molecule is CC(C)c1ccc(C(N)CCCCC(=O)O)c(C(C)C)c1. The van der Waals surface area contributed by atoms with Crippen molar-refractivity contribution in [2.45, 2.75) is 71.3 Å². The lowest BCUT2D eigenvalue weighted by Crippen LogP contribution is -2.14. The van der Waals surface area contributed by atoms with Crippen molar-refractivity contribution in [3.05, 3.63) is 34.9 Å². The van der Waals surface area contributed by atoms with E-state index in [0.29, 0.717) is 18.3 Å². The number of benzene rings is 1. The molecule has 3 heteroatoms. The molecule has 0 aliphatic carbocycles. The Labute approximate surface area is 128 Å². The van der Waals surface area contributed by atoms with Crippen LogP contribution in [0.1, 0.15) is 87.9 Å². The van der Waals surface area contributed by atoms with Crippen LogP contribution in [0.15, 0.2) is 18.2 Å². The van der Waals surface area contributed by atoms with Crippen molar-refractivity contribution in [3.8, 4) is 0 Å². The number of carboxylic acids is 1. The standard InChI is InChI=1S/C18H29NO2/c1-12(2)14-9-10-15(16(11-14)13(3)4)17(19)7-5-6-8-18(20)21/h9-13,17H,5-8,19H2,1-4H3,(H,20,21). The van der Waals surface area contributed by atoms with Gasteiger partial charge in [-0.25, -0.2) is 0 Å². The molecule has 0 saturated carbocycles. The predicted molar refractivity (Wildman–Crippen MR) is 87.7 cm³/mol. The van der Waals surface area contributed by atoms with Crippen LogP contribution in [-0.4, -0.2) is 11.1 Å². The van der Waals surface area contributed by atoms with Crippen LogP contribution < -0.4 is 5.73 Å². The highest BCUT2D eigenvalue weighted by molar-refractivity contribution is 5.66. The van der Waals surface area contributed by atoms with E-state index >= 15 is 0 Å². The molecular formula is C18H29NO2. The van der Waals surface area contributed by atoms with Gasteiger partial charge in [0, 0.05) is 12.5 Å². The molecule has 0 aliphatic rings. The number of hydrogen-bond donors (Lipinski definition) is 2. The van der Waals surface area contributed by atoms with Crippen molar-refractivity contribution in [2.24, 2.45) is 5.73 Å². The molecule has 0 fully saturated rings. The maximum absolute atomic E-state index is 10.5. The Hall–Kier alpha value is -1.35. The molecule has 3 N–H and O–H groups in total. The Balaban J connectivity index is 2.78. The zero-order chi connectivity index (χ0) is 16.0. The minimum absolute atomic E-state index is 0.00240. The summed E-state index contributed by atoms with van der Waals surface area (Å²) in [6, 6.07) is 6.61. The topological polar surface area (TPSA) is 63.3 Å². The number of aliphatic carboxylic acids is 1. The Bertz CT molecular complexity index is 466. The quantitative estimate of drug-likeness (QED) is 0.689. The molecule has 3 nitrogen and oxygen atoms in total. The van der Waals surface area contributed by atoms with Gasteiger partial charge in [0.05, 0.1) is 0 Å². The van der Waals surface area contributed by atoms with Crippen LogP contribution in [0.3, 0.4) is 0 Å². The Kier molecular flexibility index (Phi) is 6.90. The van der Waals surface area contributed by atoms with Crippen LogP contribution in [0.2, 0.25) is 0 Å². The summed E-state index contributed by atoms with van der Waals surface area (Å²) in [6.45, 7) is 8.79. The molecule has 0 bridgehead atoms. The lowest BCUT2D eigenvalue weighted by Gasteiger charge is -2.21. The summed E-state index contributed by atoms with van der Waals surface area (Å²) in [4.78, 5) is 10.5. The van der Waals surface area contributed by atoms with E-state index < -0.39 is 5.97 Å². The Morgan fingerprint density at radius 1 is 1.10 bits per heavy atom. The van der Waals surface area contributed by atoms with E-state index in [2.05, 4.69) is 45.9 Å².